The third-order valence-corrected chi connectivity index (χ3v) is 5.99. The summed E-state index contributed by atoms with van der Waals surface area (Å²) in [6.45, 7) is 4.08. The number of benzene rings is 2. The van der Waals surface area contributed by atoms with Gasteiger partial charge in [-0.25, -0.2) is 0 Å². The molecule has 28 heavy (non-hydrogen) atoms. The summed E-state index contributed by atoms with van der Waals surface area (Å²) in [5, 5.41) is 3.92. The van der Waals surface area contributed by atoms with Crippen LogP contribution in [0, 0.1) is 0 Å². The third-order valence-electron chi connectivity index (χ3n) is 4.64. The molecule has 6 heteroatoms. The molecule has 1 atom stereocenters. The van der Waals surface area contributed by atoms with Gasteiger partial charge in [-0.1, -0.05) is 11.6 Å². The lowest BCUT2D eigenvalue weighted by molar-refractivity contribution is -0.122. The molecule has 1 heterocycles. The van der Waals surface area contributed by atoms with Crippen LogP contribution >= 0.6 is 23.4 Å². The first-order valence-corrected chi connectivity index (χ1v) is 10.8. The number of amides is 1. The molecule has 1 aliphatic heterocycles. The number of carbonyl (C=O) groups is 1. The zero-order chi connectivity index (χ0) is 20.1. The van der Waals surface area contributed by atoms with Crippen LogP contribution < -0.4 is 14.8 Å². The zero-order valence-corrected chi connectivity index (χ0v) is 18.0. The molecule has 0 saturated heterocycles. The van der Waals surface area contributed by atoms with Gasteiger partial charge in [-0.3, -0.25) is 4.79 Å². The van der Waals surface area contributed by atoms with E-state index in [-0.39, 0.29) is 17.6 Å². The Morgan fingerprint density at radius 3 is 2.75 bits per heavy atom. The van der Waals surface area contributed by atoms with E-state index in [4.69, 9.17) is 21.1 Å². The fourth-order valence-electron chi connectivity index (χ4n) is 3.31. The minimum atomic E-state index is -0.345. The molecule has 0 unspecified atom stereocenters. The third kappa shape index (κ3) is 5.58. The number of hydrogen-bond donors (Lipinski definition) is 1. The van der Waals surface area contributed by atoms with Crippen molar-refractivity contribution in [1.29, 1.82) is 0 Å². The Labute approximate surface area is 175 Å². The molecule has 0 saturated carbocycles. The normalized spacial score (nSPS) is 17.4. The average Bonchev–Trinajstić information content (AvgIpc) is 2.65. The molecular weight excluding hydrogens is 394 g/mol. The summed E-state index contributed by atoms with van der Waals surface area (Å²) in [7, 11) is 1.64. The van der Waals surface area contributed by atoms with Gasteiger partial charge in [0.05, 0.1) is 13.2 Å². The van der Waals surface area contributed by atoms with Gasteiger partial charge in [0, 0.05) is 34.4 Å². The van der Waals surface area contributed by atoms with Crippen LogP contribution in [0.2, 0.25) is 5.02 Å². The molecule has 0 aliphatic carbocycles. The Morgan fingerprint density at radius 2 is 2.04 bits per heavy atom. The maximum absolute atomic E-state index is 12.5. The van der Waals surface area contributed by atoms with Gasteiger partial charge < -0.3 is 14.8 Å². The number of ether oxygens (including phenoxy) is 2. The van der Waals surface area contributed by atoms with Crippen molar-refractivity contribution in [3.63, 3.8) is 0 Å². The fraction of sp³-hybridized carbons (Fsp3) is 0.409. The van der Waals surface area contributed by atoms with E-state index in [0.29, 0.717) is 6.42 Å². The van der Waals surface area contributed by atoms with Crippen LogP contribution in [-0.2, 0) is 4.79 Å². The molecule has 4 nitrogen and oxygen atoms in total. The molecular formula is C22H26ClNO3S. The predicted octanol–water partition coefficient (Wildman–Crippen LogP) is 5.64. The Balaban J connectivity index is 1.54. The highest BCUT2D eigenvalue weighted by Crippen LogP contribution is 2.41. The summed E-state index contributed by atoms with van der Waals surface area (Å²) in [5.74, 6) is 2.49. The standard InChI is InChI=1S/C22H26ClNO3S/c1-22(2)14-19(18-11-8-16(26-3)13-20(18)27-22)24-21(25)5-4-12-28-17-9-6-15(23)7-10-17/h6-11,13,19H,4-5,12,14H2,1-3H3,(H,24,25)/t19-/m1/s1. The van der Waals surface area contributed by atoms with Gasteiger partial charge in [-0.05, 0) is 62.4 Å². The van der Waals surface area contributed by atoms with Crippen molar-refractivity contribution >= 4 is 29.3 Å². The number of carbonyl (C=O) groups excluding carboxylic acids is 1. The van der Waals surface area contributed by atoms with E-state index in [9.17, 15) is 4.79 Å². The predicted molar refractivity (Wildman–Crippen MR) is 115 cm³/mol. The van der Waals surface area contributed by atoms with Crippen LogP contribution in [0.4, 0.5) is 0 Å². The minimum absolute atomic E-state index is 0.0546. The molecule has 0 bridgehead atoms. The molecule has 1 N–H and O–H groups in total. The summed E-state index contributed by atoms with van der Waals surface area (Å²) in [4.78, 5) is 13.7. The van der Waals surface area contributed by atoms with E-state index in [1.165, 1.54) is 4.90 Å². The fourth-order valence-corrected chi connectivity index (χ4v) is 4.29. The van der Waals surface area contributed by atoms with Gasteiger partial charge in [0.15, 0.2) is 0 Å². The number of rotatable bonds is 7. The first-order chi connectivity index (χ1) is 13.4. The Hall–Kier alpha value is -1.85. The SMILES string of the molecule is COc1ccc2c(c1)OC(C)(C)C[C@H]2NC(=O)CCCSc1ccc(Cl)cc1. The maximum atomic E-state index is 12.5. The molecule has 1 amide bonds. The van der Waals surface area contributed by atoms with E-state index in [2.05, 4.69) is 5.32 Å². The number of thioether (sulfide) groups is 1. The maximum Gasteiger partial charge on any atom is 0.220 e. The van der Waals surface area contributed by atoms with Crippen molar-refractivity contribution in [3.8, 4) is 11.5 Å². The van der Waals surface area contributed by atoms with Gasteiger partial charge >= 0.3 is 0 Å². The molecule has 0 radical (unpaired) electrons. The van der Waals surface area contributed by atoms with E-state index < -0.39 is 0 Å². The van der Waals surface area contributed by atoms with Crippen molar-refractivity contribution < 1.29 is 14.3 Å². The van der Waals surface area contributed by atoms with E-state index >= 15 is 0 Å². The van der Waals surface area contributed by atoms with Crippen molar-refractivity contribution in [2.75, 3.05) is 12.9 Å². The summed E-state index contributed by atoms with van der Waals surface area (Å²) in [6, 6.07) is 13.5. The van der Waals surface area contributed by atoms with Crippen molar-refractivity contribution in [1.82, 2.24) is 5.32 Å². The average molecular weight is 420 g/mol. The monoisotopic (exact) mass is 419 g/mol. The van der Waals surface area contributed by atoms with Crippen molar-refractivity contribution in [2.45, 2.75) is 49.6 Å². The first kappa shape index (κ1) is 20.9. The Kier molecular flexibility index (Phi) is 6.78. The highest BCUT2D eigenvalue weighted by Gasteiger charge is 2.34. The molecule has 3 rings (SSSR count). The van der Waals surface area contributed by atoms with E-state index in [0.717, 1.165) is 40.7 Å². The van der Waals surface area contributed by atoms with Crippen molar-refractivity contribution in [2.24, 2.45) is 0 Å². The van der Waals surface area contributed by atoms with Crippen LogP contribution in [0.15, 0.2) is 47.4 Å². The van der Waals surface area contributed by atoms with Crippen LogP contribution in [0.25, 0.3) is 0 Å². The summed E-state index contributed by atoms with van der Waals surface area (Å²) < 4.78 is 11.4. The zero-order valence-electron chi connectivity index (χ0n) is 16.5. The van der Waals surface area contributed by atoms with Gasteiger partial charge in [0.2, 0.25) is 5.91 Å². The highest BCUT2D eigenvalue weighted by molar-refractivity contribution is 7.99. The van der Waals surface area contributed by atoms with Gasteiger partial charge in [-0.15, -0.1) is 11.8 Å². The summed E-state index contributed by atoms with van der Waals surface area (Å²) >= 11 is 7.64. The second kappa shape index (κ2) is 9.10. The lowest BCUT2D eigenvalue weighted by Crippen LogP contribution is -2.41. The van der Waals surface area contributed by atoms with Gasteiger partial charge in [0.25, 0.3) is 0 Å². The van der Waals surface area contributed by atoms with Crippen LogP contribution in [0.5, 0.6) is 11.5 Å². The Bertz CT molecular complexity index is 823. The molecule has 0 fully saturated rings. The number of nitrogens with one attached hydrogen (secondary N) is 1. The van der Waals surface area contributed by atoms with Crippen molar-refractivity contribution in [3.05, 3.63) is 53.1 Å². The molecule has 1 aliphatic rings. The Morgan fingerprint density at radius 1 is 1.29 bits per heavy atom. The lowest BCUT2D eigenvalue weighted by Gasteiger charge is -2.38. The summed E-state index contributed by atoms with van der Waals surface area (Å²) in [6.07, 6.45) is 2.06. The van der Waals surface area contributed by atoms with E-state index in [1.807, 2.05) is 56.3 Å². The number of halogens is 1. The molecule has 0 aromatic heterocycles. The van der Waals surface area contributed by atoms with Crippen LogP contribution in [0.1, 0.15) is 44.7 Å². The summed E-state index contributed by atoms with van der Waals surface area (Å²) in [5.41, 5.74) is 0.658. The number of hydrogen-bond acceptors (Lipinski definition) is 4. The van der Waals surface area contributed by atoms with Crippen LogP contribution in [0.3, 0.4) is 0 Å². The largest absolute Gasteiger partial charge is 0.497 e. The minimum Gasteiger partial charge on any atom is -0.497 e. The quantitative estimate of drug-likeness (QED) is 0.466. The molecule has 2 aromatic carbocycles. The van der Waals surface area contributed by atoms with E-state index in [1.54, 1.807) is 18.9 Å². The second-order valence-electron chi connectivity index (χ2n) is 7.50. The topological polar surface area (TPSA) is 47.6 Å². The van der Waals surface area contributed by atoms with Gasteiger partial charge in [-0.2, -0.15) is 0 Å². The van der Waals surface area contributed by atoms with Crippen LogP contribution in [-0.4, -0.2) is 24.4 Å². The number of methoxy groups -OCH3 is 1. The molecule has 0 spiro atoms. The lowest BCUT2D eigenvalue weighted by atomic mass is 9.89. The smallest absolute Gasteiger partial charge is 0.220 e. The second-order valence-corrected chi connectivity index (χ2v) is 9.10. The highest BCUT2D eigenvalue weighted by atomic mass is 35.5. The van der Waals surface area contributed by atoms with Gasteiger partial charge in [0.1, 0.15) is 17.1 Å². The molecule has 2 aromatic rings. The first-order valence-electron chi connectivity index (χ1n) is 9.41. The number of fused-ring (bicyclic) bond motifs is 1. The molecule has 150 valence electrons.